The molecule has 1 atom stereocenters. The Labute approximate surface area is 147 Å². The summed E-state index contributed by atoms with van der Waals surface area (Å²) < 4.78 is 11.1. The summed E-state index contributed by atoms with van der Waals surface area (Å²) in [5.41, 5.74) is 1.52. The van der Waals surface area contributed by atoms with Gasteiger partial charge in [-0.1, -0.05) is 53.2 Å². The van der Waals surface area contributed by atoms with Crippen molar-refractivity contribution in [3.8, 4) is 5.75 Å². The summed E-state index contributed by atoms with van der Waals surface area (Å²) in [5.74, 6) is 0.760. The summed E-state index contributed by atoms with van der Waals surface area (Å²) in [7, 11) is 0. The number of aliphatic hydroxyl groups is 1. The van der Waals surface area contributed by atoms with Crippen LogP contribution in [-0.2, 0) is 0 Å². The van der Waals surface area contributed by atoms with E-state index in [0.29, 0.717) is 26.8 Å². The number of hydrogen-bond acceptors (Lipinski definition) is 5. The van der Waals surface area contributed by atoms with E-state index in [2.05, 4.69) is 4.98 Å². The smallest absolute Gasteiger partial charge is 0.256 e. The Morgan fingerprint density at radius 2 is 1.87 bits per heavy atom. The maximum atomic E-state index is 10.0. The van der Waals surface area contributed by atoms with E-state index in [-0.39, 0.29) is 6.61 Å². The van der Waals surface area contributed by atoms with E-state index in [1.54, 1.807) is 18.2 Å². The van der Waals surface area contributed by atoms with Gasteiger partial charge in [0.1, 0.15) is 12.1 Å². The number of rotatable bonds is 6. The molecule has 0 amide bonds. The lowest BCUT2D eigenvalue weighted by Crippen LogP contribution is -2.20. The van der Waals surface area contributed by atoms with Gasteiger partial charge in [-0.3, -0.25) is 0 Å². The van der Waals surface area contributed by atoms with Crippen molar-refractivity contribution in [3.05, 3.63) is 52.5 Å². The topological polar surface area (TPSA) is 55.5 Å². The van der Waals surface area contributed by atoms with Crippen molar-refractivity contribution in [1.29, 1.82) is 0 Å². The Kier molecular flexibility index (Phi) is 5.33. The molecule has 0 fully saturated rings. The van der Waals surface area contributed by atoms with Crippen LogP contribution < -0.4 is 4.74 Å². The third kappa shape index (κ3) is 4.12. The molecule has 0 radical (unpaired) electrons. The SMILES string of the molecule is O[C@H](COc1c(Cl)cccc1Cl)CSc1nc2ccccc2o1. The molecule has 0 unspecified atom stereocenters. The maximum Gasteiger partial charge on any atom is 0.256 e. The van der Waals surface area contributed by atoms with E-state index in [0.717, 1.165) is 11.1 Å². The number of benzene rings is 2. The van der Waals surface area contributed by atoms with Crippen LogP contribution >= 0.6 is 35.0 Å². The van der Waals surface area contributed by atoms with Gasteiger partial charge >= 0.3 is 0 Å². The number of ether oxygens (including phenoxy) is 1. The van der Waals surface area contributed by atoms with Crippen molar-refractivity contribution < 1.29 is 14.3 Å². The highest BCUT2D eigenvalue weighted by atomic mass is 35.5. The average molecular weight is 370 g/mol. The van der Waals surface area contributed by atoms with E-state index < -0.39 is 6.10 Å². The van der Waals surface area contributed by atoms with Gasteiger partial charge in [-0.25, -0.2) is 4.98 Å². The molecule has 0 spiro atoms. The lowest BCUT2D eigenvalue weighted by molar-refractivity contribution is 0.126. The molecule has 120 valence electrons. The number of hydrogen-bond donors (Lipinski definition) is 1. The minimum Gasteiger partial charge on any atom is -0.488 e. The van der Waals surface area contributed by atoms with Crippen molar-refractivity contribution in [3.63, 3.8) is 0 Å². The monoisotopic (exact) mass is 369 g/mol. The number of aliphatic hydroxyl groups excluding tert-OH is 1. The highest BCUT2D eigenvalue weighted by Gasteiger charge is 2.13. The molecule has 0 aliphatic rings. The molecule has 0 aliphatic carbocycles. The Morgan fingerprint density at radius 3 is 2.61 bits per heavy atom. The zero-order chi connectivity index (χ0) is 16.2. The van der Waals surface area contributed by atoms with Crippen molar-refractivity contribution >= 4 is 46.1 Å². The van der Waals surface area contributed by atoms with E-state index in [9.17, 15) is 5.11 Å². The molecule has 0 saturated heterocycles. The first-order chi connectivity index (χ1) is 11.1. The fraction of sp³-hybridized carbons (Fsp3) is 0.188. The number of aromatic nitrogens is 1. The Hall–Kier alpha value is -1.40. The van der Waals surface area contributed by atoms with Crippen LogP contribution in [-0.4, -0.2) is 28.6 Å². The first-order valence-corrected chi connectivity index (χ1v) is 8.61. The van der Waals surface area contributed by atoms with Gasteiger partial charge in [0.15, 0.2) is 11.3 Å². The van der Waals surface area contributed by atoms with Crippen molar-refractivity contribution in [1.82, 2.24) is 4.98 Å². The Balaban J connectivity index is 1.54. The third-order valence-corrected chi connectivity index (χ3v) is 4.58. The van der Waals surface area contributed by atoms with Crippen LogP contribution in [0.25, 0.3) is 11.1 Å². The van der Waals surface area contributed by atoms with Gasteiger partial charge < -0.3 is 14.3 Å². The molecule has 0 aliphatic heterocycles. The van der Waals surface area contributed by atoms with Crippen LogP contribution in [0.4, 0.5) is 0 Å². The fourth-order valence-electron chi connectivity index (χ4n) is 1.93. The summed E-state index contributed by atoms with van der Waals surface area (Å²) in [6, 6.07) is 12.6. The van der Waals surface area contributed by atoms with Gasteiger partial charge in [0.25, 0.3) is 5.22 Å². The Bertz CT molecular complexity index is 756. The predicted molar refractivity (Wildman–Crippen MR) is 92.7 cm³/mol. The minimum absolute atomic E-state index is 0.0800. The molecule has 3 rings (SSSR count). The molecular weight excluding hydrogens is 357 g/mol. The number of nitrogens with zero attached hydrogens (tertiary/aromatic N) is 1. The summed E-state index contributed by atoms with van der Waals surface area (Å²) in [6.07, 6.45) is -0.706. The van der Waals surface area contributed by atoms with Crippen LogP contribution in [0.5, 0.6) is 5.75 Å². The number of thioether (sulfide) groups is 1. The quantitative estimate of drug-likeness (QED) is 0.640. The molecular formula is C16H13Cl2NO3S. The van der Waals surface area contributed by atoms with Crippen LogP contribution in [0.15, 0.2) is 52.1 Å². The number of para-hydroxylation sites is 3. The van der Waals surface area contributed by atoms with Crippen LogP contribution in [0, 0.1) is 0 Å². The van der Waals surface area contributed by atoms with E-state index >= 15 is 0 Å². The third-order valence-electron chi connectivity index (χ3n) is 3.01. The van der Waals surface area contributed by atoms with Crippen LogP contribution in [0.2, 0.25) is 10.0 Å². The van der Waals surface area contributed by atoms with Crippen molar-refractivity contribution in [2.24, 2.45) is 0 Å². The lowest BCUT2D eigenvalue weighted by Gasteiger charge is -2.13. The van der Waals surface area contributed by atoms with Gasteiger partial charge in [-0.2, -0.15) is 0 Å². The second-order valence-electron chi connectivity index (χ2n) is 4.77. The zero-order valence-electron chi connectivity index (χ0n) is 11.9. The molecule has 3 aromatic rings. The van der Waals surface area contributed by atoms with Crippen molar-refractivity contribution in [2.45, 2.75) is 11.3 Å². The molecule has 0 saturated carbocycles. The minimum atomic E-state index is -0.706. The van der Waals surface area contributed by atoms with E-state index in [4.69, 9.17) is 32.4 Å². The number of halogens is 2. The summed E-state index contributed by atoms with van der Waals surface area (Å²) >= 11 is 13.3. The molecule has 0 bridgehead atoms. The summed E-state index contributed by atoms with van der Waals surface area (Å²) in [5, 5.41) is 11.4. The number of fused-ring (bicyclic) bond motifs is 1. The molecule has 1 aromatic heterocycles. The maximum absolute atomic E-state index is 10.0. The molecule has 4 nitrogen and oxygen atoms in total. The second-order valence-corrected chi connectivity index (χ2v) is 6.56. The molecule has 7 heteroatoms. The fourth-order valence-corrected chi connectivity index (χ4v) is 3.18. The first kappa shape index (κ1) is 16.5. The Morgan fingerprint density at radius 1 is 1.13 bits per heavy atom. The zero-order valence-corrected chi connectivity index (χ0v) is 14.2. The van der Waals surface area contributed by atoms with Gasteiger partial charge in [0, 0.05) is 5.75 Å². The van der Waals surface area contributed by atoms with Crippen LogP contribution in [0.3, 0.4) is 0 Å². The lowest BCUT2D eigenvalue weighted by atomic mass is 10.3. The summed E-state index contributed by atoms with van der Waals surface area (Å²) in [6.45, 7) is 0.0800. The average Bonchev–Trinajstić information content (AvgIpc) is 2.95. The van der Waals surface area contributed by atoms with E-state index in [1.165, 1.54) is 11.8 Å². The highest BCUT2D eigenvalue weighted by molar-refractivity contribution is 7.99. The molecule has 23 heavy (non-hydrogen) atoms. The molecule has 1 N–H and O–H groups in total. The van der Waals surface area contributed by atoms with Crippen molar-refractivity contribution in [2.75, 3.05) is 12.4 Å². The standard InChI is InChI=1S/C16H13Cl2NO3S/c17-11-4-3-5-12(18)15(11)21-8-10(20)9-23-16-19-13-6-1-2-7-14(13)22-16/h1-7,10,20H,8-9H2/t10-/m1/s1. The summed E-state index contributed by atoms with van der Waals surface area (Å²) in [4.78, 5) is 4.33. The largest absolute Gasteiger partial charge is 0.488 e. The normalized spacial score (nSPS) is 12.5. The molecule has 2 aromatic carbocycles. The second kappa shape index (κ2) is 7.45. The van der Waals surface area contributed by atoms with Crippen LogP contribution in [0.1, 0.15) is 0 Å². The van der Waals surface area contributed by atoms with Gasteiger partial charge in [0.2, 0.25) is 0 Å². The van der Waals surface area contributed by atoms with Gasteiger partial charge in [0.05, 0.1) is 16.1 Å². The first-order valence-electron chi connectivity index (χ1n) is 6.87. The van der Waals surface area contributed by atoms with E-state index in [1.807, 2.05) is 24.3 Å². The highest BCUT2D eigenvalue weighted by Crippen LogP contribution is 2.32. The number of oxazole rings is 1. The molecule has 1 heterocycles. The van der Waals surface area contributed by atoms with Gasteiger partial charge in [-0.15, -0.1) is 0 Å². The van der Waals surface area contributed by atoms with Gasteiger partial charge in [-0.05, 0) is 24.3 Å². The predicted octanol–water partition coefficient (Wildman–Crippen LogP) is 4.67.